The van der Waals surface area contributed by atoms with Crippen molar-refractivity contribution in [2.45, 2.75) is 25.8 Å². The first-order chi connectivity index (χ1) is 9.65. The van der Waals surface area contributed by atoms with Crippen LogP contribution in [0.2, 0.25) is 0 Å². The molecule has 1 aliphatic carbocycles. The highest BCUT2D eigenvalue weighted by molar-refractivity contribution is 5.85. The molecule has 1 fully saturated rings. The average molecular weight is 313 g/mol. The number of nitrogens with two attached hydrogens (primary N) is 1. The summed E-state index contributed by atoms with van der Waals surface area (Å²) in [6.07, 6.45) is 3.17. The Morgan fingerprint density at radius 2 is 2.19 bits per heavy atom. The number of hydrogen-bond donors (Lipinski definition) is 1. The summed E-state index contributed by atoms with van der Waals surface area (Å²) in [6.45, 7) is 1.23. The Hall–Kier alpha value is -1.26. The number of rotatable bonds is 5. The molecule has 0 unspecified atom stereocenters. The van der Waals surface area contributed by atoms with Crippen LogP contribution in [-0.4, -0.2) is 31.5 Å². The van der Waals surface area contributed by atoms with Crippen LogP contribution in [0.25, 0.3) is 0 Å². The first kappa shape index (κ1) is 17.8. The summed E-state index contributed by atoms with van der Waals surface area (Å²) in [4.78, 5) is 14.3. The highest BCUT2D eigenvalue weighted by Gasteiger charge is 2.33. The third-order valence-electron chi connectivity index (χ3n) is 4.21. The van der Waals surface area contributed by atoms with Gasteiger partial charge in [0.1, 0.15) is 5.75 Å². The van der Waals surface area contributed by atoms with Crippen LogP contribution in [0.1, 0.15) is 24.8 Å². The second-order valence-electron chi connectivity index (χ2n) is 5.58. The maximum Gasteiger partial charge on any atom is 0.226 e. The monoisotopic (exact) mass is 312 g/mol. The van der Waals surface area contributed by atoms with Gasteiger partial charge in [-0.3, -0.25) is 4.79 Å². The van der Waals surface area contributed by atoms with Gasteiger partial charge in [0.15, 0.2) is 0 Å². The van der Waals surface area contributed by atoms with Crippen LogP contribution in [0.5, 0.6) is 5.75 Å². The Morgan fingerprint density at radius 3 is 2.86 bits per heavy atom. The molecule has 1 aromatic carbocycles. The number of carbonyl (C=O) groups is 1. The molecule has 1 aliphatic rings. The average Bonchev–Trinajstić information content (AvgIpc) is 2.95. The Balaban J connectivity index is 0.00000220. The number of halogens is 1. The van der Waals surface area contributed by atoms with Crippen LogP contribution in [-0.2, 0) is 11.3 Å². The van der Waals surface area contributed by atoms with Crippen molar-refractivity contribution >= 4 is 18.3 Å². The fourth-order valence-corrected chi connectivity index (χ4v) is 3.05. The quantitative estimate of drug-likeness (QED) is 0.908. The van der Waals surface area contributed by atoms with Crippen LogP contribution >= 0.6 is 12.4 Å². The normalized spacial score (nSPS) is 20.7. The maximum atomic E-state index is 12.5. The molecular weight excluding hydrogens is 288 g/mol. The van der Waals surface area contributed by atoms with E-state index < -0.39 is 0 Å². The number of benzene rings is 1. The molecule has 0 bridgehead atoms. The van der Waals surface area contributed by atoms with Crippen molar-refractivity contribution in [2.24, 2.45) is 17.6 Å². The van der Waals surface area contributed by atoms with E-state index >= 15 is 0 Å². The van der Waals surface area contributed by atoms with Gasteiger partial charge in [0.05, 0.1) is 7.11 Å². The van der Waals surface area contributed by atoms with E-state index in [2.05, 4.69) is 0 Å². The fraction of sp³-hybridized carbons (Fsp3) is 0.562. The predicted octanol–water partition coefficient (Wildman–Crippen LogP) is 2.45. The molecule has 0 heterocycles. The molecule has 1 saturated carbocycles. The number of methoxy groups -OCH3 is 1. The van der Waals surface area contributed by atoms with E-state index in [1.807, 2.05) is 36.2 Å². The lowest BCUT2D eigenvalue weighted by molar-refractivity contribution is -0.135. The van der Waals surface area contributed by atoms with E-state index in [1.54, 1.807) is 7.11 Å². The van der Waals surface area contributed by atoms with E-state index in [0.29, 0.717) is 19.0 Å². The van der Waals surface area contributed by atoms with Crippen LogP contribution in [0.3, 0.4) is 0 Å². The van der Waals surface area contributed by atoms with Crippen molar-refractivity contribution < 1.29 is 9.53 Å². The summed E-state index contributed by atoms with van der Waals surface area (Å²) in [5.41, 5.74) is 6.85. The minimum absolute atomic E-state index is 0. The van der Waals surface area contributed by atoms with Crippen molar-refractivity contribution in [3.8, 4) is 5.75 Å². The maximum absolute atomic E-state index is 12.5. The Morgan fingerprint density at radius 1 is 1.43 bits per heavy atom. The summed E-state index contributed by atoms with van der Waals surface area (Å²) < 4.78 is 5.21. The summed E-state index contributed by atoms with van der Waals surface area (Å²) in [6, 6.07) is 7.84. The van der Waals surface area contributed by atoms with E-state index in [4.69, 9.17) is 10.5 Å². The van der Waals surface area contributed by atoms with Gasteiger partial charge >= 0.3 is 0 Å². The molecule has 2 rings (SSSR count). The van der Waals surface area contributed by atoms with Crippen LogP contribution < -0.4 is 10.5 Å². The zero-order valence-corrected chi connectivity index (χ0v) is 13.6. The molecule has 21 heavy (non-hydrogen) atoms. The molecule has 0 spiro atoms. The second kappa shape index (κ2) is 8.25. The molecule has 0 aromatic heterocycles. The topological polar surface area (TPSA) is 55.6 Å². The van der Waals surface area contributed by atoms with E-state index in [-0.39, 0.29) is 24.2 Å². The van der Waals surface area contributed by atoms with Crippen molar-refractivity contribution in [1.82, 2.24) is 4.90 Å². The number of hydrogen-bond acceptors (Lipinski definition) is 3. The van der Waals surface area contributed by atoms with Crippen molar-refractivity contribution in [3.05, 3.63) is 29.8 Å². The minimum Gasteiger partial charge on any atom is -0.497 e. The van der Waals surface area contributed by atoms with Crippen molar-refractivity contribution in [1.29, 1.82) is 0 Å². The van der Waals surface area contributed by atoms with Crippen LogP contribution in [0, 0.1) is 11.8 Å². The largest absolute Gasteiger partial charge is 0.497 e. The molecule has 2 N–H and O–H groups in total. The third-order valence-corrected chi connectivity index (χ3v) is 4.21. The molecule has 0 radical (unpaired) electrons. The predicted molar refractivity (Wildman–Crippen MR) is 86.6 cm³/mol. The zero-order chi connectivity index (χ0) is 14.5. The first-order valence-electron chi connectivity index (χ1n) is 7.23. The highest BCUT2D eigenvalue weighted by atomic mass is 35.5. The van der Waals surface area contributed by atoms with Crippen LogP contribution in [0.15, 0.2) is 24.3 Å². The van der Waals surface area contributed by atoms with Gasteiger partial charge in [-0.15, -0.1) is 12.4 Å². The lowest BCUT2D eigenvalue weighted by Crippen LogP contribution is -2.36. The lowest BCUT2D eigenvalue weighted by Gasteiger charge is -2.24. The zero-order valence-electron chi connectivity index (χ0n) is 12.7. The molecule has 0 aliphatic heterocycles. The molecule has 118 valence electrons. The molecule has 5 heteroatoms. The molecule has 2 atom stereocenters. The molecule has 1 amide bonds. The van der Waals surface area contributed by atoms with Gasteiger partial charge in [-0.05, 0) is 43.0 Å². The standard InChI is InChI=1S/C16H24N2O2.ClH/c1-18(11-12-5-3-7-14(9-12)20-2)16(19)15-8-4-6-13(15)10-17;/h3,5,7,9,13,15H,4,6,8,10-11,17H2,1-2H3;1H/t13-,15-;/m1./s1. The van der Waals surface area contributed by atoms with Crippen molar-refractivity contribution in [2.75, 3.05) is 20.7 Å². The number of nitrogens with zero attached hydrogens (tertiary/aromatic N) is 1. The lowest BCUT2D eigenvalue weighted by atomic mass is 9.95. The van der Waals surface area contributed by atoms with E-state index in [9.17, 15) is 4.79 Å². The van der Waals surface area contributed by atoms with Gasteiger partial charge in [0, 0.05) is 19.5 Å². The van der Waals surface area contributed by atoms with Gasteiger partial charge in [-0.25, -0.2) is 0 Å². The summed E-state index contributed by atoms with van der Waals surface area (Å²) in [7, 11) is 3.52. The van der Waals surface area contributed by atoms with Gasteiger partial charge in [-0.2, -0.15) is 0 Å². The smallest absolute Gasteiger partial charge is 0.226 e. The van der Waals surface area contributed by atoms with Gasteiger partial charge in [-0.1, -0.05) is 18.6 Å². The van der Waals surface area contributed by atoms with Gasteiger partial charge in [0.2, 0.25) is 5.91 Å². The fourth-order valence-electron chi connectivity index (χ4n) is 3.05. The third kappa shape index (κ3) is 4.35. The van der Waals surface area contributed by atoms with Gasteiger partial charge in [0.25, 0.3) is 0 Å². The SMILES string of the molecule is COc1cccc(CN(C)C(=O)[C@@H]2CCC[C@@H]2CN)c1.Cl. The summed E-state index contributed by atoms with van der Waals surface area (Å²) in [5.74, 6) is 1.51. The summed E-state index contributed by atoms with van der Waals surface area (Å²) >= 11 is 0. The number of ether oxygens (including phenoxy) is 1. The van der Waals surface area contributed by atoms with Crippen molar-refractivity contribution in [3.63, 3.8) is 0 Å². The molecule has 1 aromatic rings. The number of carbonyl (C=O) groups excluding carboxylic acids is 1. The highest BCUT2D eigenvalue weighted by Crippen LogP contribution is 2.32. The first-order valence-corrected chi connectivity index (χ1v) is 7.23. The Labute approximate surface area is 133 Å². The molecule has 0 saturated heterocycles. The van der Waals surface area contributed by atoms with Gasteiger partial charge < -0.3 is 15.4 Å². The summed E-state index contributed by atoms with van der Waals surface area (Å²) in [5, 5.41) is 0. The Bertz CT molecular complexity index is 467. The van der Waals surface area contributed by atoms with E-state index in [0.717, 1.165) is 30.6 Å². The minimum atomic E-state index is 0. The van der Waals surface area contributed by atoms with Crippen LogP contribution in [0.4, 0.5) is 0 Å². The number of amides is 1. The molecule has 4 nitrogen and oxygen atoms in total. The molecular formula is C16H25ClN2O2. The van der Waals surface area contributed by atoms with E-state index in [1.165, 1.54) is 0 Å². The Kier molecular flexibility index (Phi) is 6.99. The second-order valence-corrected chi connectivity index (χ2v) is 5.58.